The Kier molecular flexibility index (Phi) is 4.53. The van der Waals surface area contributed by atoms with Crippen LogP contribution in [0.5, 0.6) is 0 Å². The summed E-state index contributed by atoms with van der Waals surface area (Å²) in [5.41, 5.74) is 3.23. The van der Waals surface area contributed by atoms with E-state index in [4.69, 9.17) is 0 Å². The standard InChI is InChI=1S/C30H25N3O2/c34-29-27-20-12-13-21(15-14-20)28(27)30(35)33(29)31-16-23-18-32(26-11-4-3-10-25(23)26)17-22-8-5-7-19-6-1-2-9-24(19)22/h1-13,16,18,20-21,27-28H,14-15,17H2/b31-16-/t20-,21-,27-,28-/m0/s1. The van der Waals surface area contributed by atoms with Crippen molar-refractivity contribution < 1.29 is 9.59 Å². The number of carbonyl (C=O) groups is 2. The lowest BCUT2D eigenvalue weighted by atomic mass is 9.63. The van der Waals surface area contributed by atoms with Gasteiger partial charge >= 0.3 is 0 Å². The SMILES string of the molecule is O=C1[C@@H]2[C@@H](C(=O)N1/N=C\c1cn(Cc3cccc4ccccc34)c3ccccc13)[C@H]1C=C[C@H]2CC1. The number of hydrogen-bond donors (Lipinski definition) is 0. The molecule has 8 rings (SSSR count). The number of nitrogens with zero attached hydrogens (tertiary/aromatic N) is 3. The zero-order chi connectivity index (χ0) is 23.5. The van der Waals surface area contributed by atoms with E-state index in [9.17, 15) is 9.59 Å². The molecule has 0 N–H and O–H groups in total. The first kappa shape index (κ1) is 20.4. The summed E-state index contributed by atoms with van der Waals surface area (Å²) in [6, 6.07) is 23.0. The average molecular weight is 460 g/mol. The third-order valence-electron chi connectivity index (χ3n) is 8.09. The molecule has 3 aliphatic carbocycles. The van der Waals surface area contributed by atoms with Gasteiger partial charge in [-0.05, 0) is 47.1 Å². The average Bonchev–Trinajstić information content (AvgIpc) is 3.39. The summed E-state index contributed by atoms with van der Waals surface area (Å²) in [5, 5.41) is 9.12. The molecule has 1 aromatic heterocycles. The molecule has 4 aliphatic rings. The normalized spacial score (nSPS) is 25.4. The topological polar surface area (TPSA) is 54.7 Å². The van der Waals surface area contributed by atoms with Crippen molar-refractivity contribution in [2.75, 3.05) is 0 Å². The molecule has 5 heteroatoms. The molecule has 1 saturated carbocycles. The predicted molar refractivity (Wildman–Crippen MR) is 137 cm³/mol. The number of benzene rings is 3. The second-order valence-electron chi connectivity index (χ2n) is 9.94. The minimum absolute atomic E-state index is 0.144. The van der Waals surface area contributed by atoms with Gasteiger partial charge in [0.1, 0.15) is 0 Å². The van der Waals surface area contributed by atoms with Gasteiger partial charge in [0.05, 0.1) is 18.1 Å². The number of rotatable bonds is 4. The minimum Gasteiger partial charge on any atom is -0.342 e. The molecular formula is C30H25N3O2. The molecule has 35 heavy (non-hydrogen) atoms. The number of allylic oxidation sites excluding steroid dienone is 2. The minimum atomic E-state index is -0.240. The van der Waals surface area contributed by atoms with Gasteiger partial charge in [0.2, 0.25) is 0 Å². The first-order valence-corrected chi connectivity index (χ1v) is 12.3. The largest absolute Gasteiger partial charge is 0.342 e. The van der Waals surface area contributed by atoms with Crippen LogP contribution in [0.4, 0.5) is 0 Å². The lowest BCUT2D eigenvalue weighted by Gasteiger charge is -2.37. The van der Waals surface area contributed by atoms with E-state index in [2.05, 4.69) is 82.6 Å². The van der Waals surface area contributed by atoms with Crippen LogP contribution < -0.4 is 0 Å². The van der Waals surface area contributed by atoms with Crippen molar-refractivity contribution in [3.05, 3.63) is 96.2 Å². The summed E-state index contributed by atoms with van der Waals surface area (Å²) in [7, 11) is 0. The van der Waals surface area contributed by atoms with Crippen molar-refractivity contribution in [2.24, 2.45) is 28.8 Å². The molecule has 2 bridgehead atoms. The molecule has 3 aromatic carbocycles. The van der Waals surface area contributed by atoms with Gasteiger partial charge in [0.25, 0.3) is 11.8 Å². The zero-order valence-electron chi connectivity index (χ0n) is 19.2. The summed E-state index contributed by atoms with van der Waals surface area (Å²) in [6.07, 6.45) is 9.99. The Hall–Kier alpha value is -3.99. The highest BCUT2D eigenvalue weighted by Crippen LogP contribution is 2.49. The van der Waals surface area contributed by atoms with Crippen molar-refractivity contribution in [3.8, 4) is 0 Å². The first-order valence-electron chi connectivity index (χ1n) is 12.3. The molecule has 4 atom stereocenters. The maximum absolute atomic E-state index is 13.1. The molecule has 4 aromatic rings. The van der Waals surface area contributed by atoms with Crippen molar-refractivity contribution in [1.82, 2.24) is 9.58 Å². The summed E-state index contributed by atoms with van der Waals surface area (Å²) in [5.74, 6) is -0.426. The fourth-order valence-corrected chi connectivity index (χ4v) is 6.41. The van der Waals surface area contributed by atoms with E-state index in [1.807, 2.05) is 12.1 Å². The van der Waals surface area contributed by atoms with Crippen LogP contribution in [0.3, 0.4) is 0 Å². The molecule has 2 fully saturated rings. The van der Waals surface area contributed by atoms with Crippen LogP contribution in [0.1, 0.15) is 24.0 Å². The monoisotopic (exact) mass is 459 g/mol. The number of para-hydroxylation sites is 1. The Balaban J connectivity index is 1.23. The van der Waals surface area contributed by atoms with Crippen LogP contribution in [0, 0.1) is 23.7 Å². The van der Waals surface area contributed by atoms with E-state index in [0.29, 0.717) is 0 Å². The maximum Gasteiger partial charge on any atom is 0.254 e. The number of hydrogen-bond acceptors (Lipinski definition) is 3. The van der Waals surface area contributed by atoms with Crippen LogP contribution in [-0.4, -0.2) is 27.6 Å². The van der Waals surface area contributed by atoms with Gasteiger partial charge in [-0.25, -0.2) is 0 Å². The van der Waals surface area contributed by atoms with Crippen molar-refractivity contribution in [2.45, 2.75) is 19.4 Å². The summed E-state index contributed by atoms with van der Waals surface area (Å²) >= 11 is 0. The van der Waals surface area contributed by atoms with Gasteiger partial charge < -0.3 is 4.57 Å². The Morgan fingerprint density at radius 1 is 0.800 bits per heavy atom. The maximum atomic E-state index is 13.1. The molecule has 172 valence electrons. The van der Waals surface area contributed by atoms with Gasteiger partial charge in [0.15, 0.2) is 0 Å². The van der Waals surface area contributed by atoms with E-state index < -0.39 is 0 Å². The van der Waals surface area contributed by atoms with E-state index >= 15 is 0 Å². The number of imide groups is 1. The molecular weight excluding hydrogens is 434 g/mol. The van der Waals surface area contributed by atoms with Gasteiger partial charge in [0, 0.05) is 29.2 Å². The molecule has 2 heterocycles. The van der Waals surface area contributed by atoms with Gasteiger partial charge in [-0.2, -0.15) is 10.1 Å². The lowest BCUT2D eigenvalue weighted by Crippen LogP contribution is -2.38. The fourth-order valence-electron chi connectivity index (χ4n) is 6.41. The number of amides is 2. The van der Waals surface area contributed by atoms with Crippen LogP contribution >= 0.6 is 0 Å². The number of fused-ring (bicyclic) bond motifs is 3. The van der Waals surface area contributed by atoms with E-state index in [0.717, 1.165) is 40.9 Å². The second kappa shape index (κ2) is 7.77. The summed E-state index contributed by atoms with van der Waals surface area (Å²) in [6.45, 7) is 0.719. The van der Waals surface area contributed by atoms with E-state index in [1.54, 1.807) is 6.21 Å². The summed E-state index contributed by atoms with van der Waals surface area (Å²) in [4.78, 5) is 26.3. The molecule has 0 radical (unpaired) electrons. The number of aromatic nitrogens is 1. The molecule has 5 nitrogen and oxygen atoms in total. The number of hydrazone groups is 1. The Morgan fingerprint density at radius 2 is 1.46 bits per heavy atom. The van der Waals surface area contributed by atoms with Crippen molar-refractivity contribution in [1.29, 1.82) is 0 Å². The van der Waals surface area contributed by atoms with E-state index in [-0.39, 0.29) is 35.5 Å². The van der Waals surface area contributed by atoms with Gasteiger partial charge in [-0.1, -0.05) is 72.8 Å². The Morgan fingerprint density at radius 3 is 2.20 bits per heavy atom. The van der Waals surface area contributed by atoms with Crippen LogP contribution in [0.25, 0.3) is 21.7 Å². The van der Waals surface area contributed by atoms with Crippen LogP contribution in [0.2, 0.25) is 0 Å². The van der Waals surface area contributed by atoms with Crippen molar-refractivity contribution in [3.63, 3.8) is 0 Å². The lowest BCUT2D eigenvalue weighted by molar-refractivity contribution is -0.140. The molecule has 2 amide bonds. The first-order chi connectivity index (χ1) is 17.2. The molecule has 0 spiro atoms. The molecule has 0 unspecified atom stereocenters. The Labute approximate surface area is 203 Å². The van der Waals surface area contributed by atoms with Gasteiger partial charge in [-0.15, -0.1) is 0 Å². The third-order valence-corrected chi connectivity index (χ3v) is 8.09. The highest BCUT2D eigenvalue weighted by atomic mass is 16.2. The highest BCUT2D eigenvalue weighted by molar-refractivity contribution is 6.07. The fraction of sp³-hybridized carbons (Fsp3) is 0.233. The number of carbonyl (C=O) groups excluding carboxylic acids is 2. The quantitative estimate of drug-likeness (QED) is 0.234. The summed E-state index contributed by atoms with van der Waals surface area (Å²) < 4.78 is 2.22. The predicted octanol–water partition coefficient (Wildman–Crippen LogP) is 5.37. The van der Waals surface area contributed by atoms with E-state index in [1.165, 1.54) is 16.3 Å². The van der Waals surface area contributed by atoms with Crippen molar-refractivity contribution >= 4 is 39.7 Å². The molecule has 1 aliphatic heterocycles. The zero-order valence-corrected chi connectivity index (χ0v) is 19.2. The highest BCUT2D eigenvalue weighted by Gasteiger charge is 2.56. The smallest absolute Gasteiger partial charge is 0.254 e. The van der Waals surface area contributed by atoms with Crippen LogP contribution in [-0.2, 0) is 16.1 Å². The third kappa shape index (κ3) is 3.11. The second-order valence-corrected chi connectivity index (χ2v) is 9.94. The van der Waals surface area contributed by atoms with Gasteiger partial charge in [-0.3, -0.25) is 9.59 Å². The Bertz CT molecular complexity index is 1530. The molecule has 1 saturated heterocycles. The van der Waals surface area contributed by atoms with Crippen LogP contribution in [0.15, 0.2) is 90.2 Å².